The van der Waals surface area contributed by atoms with Crippen molar-refractivity contribution in [1.29, 1.82) is 0 Å². The van der Waals surface area contributed by atoms with Crippen LogP contribution >= 0.6 is 8.58 Å². The fourth-order valence-electron chi connectivity index (χ4n) is 2.62. The van der Waals surface area contributed by atoms with Gasteiger partial charge in [-0.25, -0.2) is 0 Å². The minimum absolute atomic E-state index is 0. The Bertz CT molecular complexity index is 661. The molecule has 23 heavy (non-hydrogen) atoms. The molecular formula is C19H24LiO2P. The van der Waals surface area contributed by atoms with Gasteiger partial charge in [0, 0.05) is 5.56 Å². The zero-order valence-corrected chi connectivity index (χ0v) is 15.9. The van der Waals surface area contributed by atoms with E-state index in [0.29, 0.717) is 0 Å². The number of carbonyl (C=O) groups is 1. The van der Waals surface area contributed by atoms with E-state index in [1.54, 1.807) is 0 Å². The van der Waals surface area contributed by atoms with E-state index in [1.807, 2.05) is 52.0 Å². The molecule has 0 bridgehead atoms. The molecule has 0 spiro atoms. The van der Waals surface area contributed by atoms with Crippen LogP contribution in [-0.2, 0) is 0 Å². The number of carbonyl (C=O) groups excluding carboxylic acids is 1. The van der Waals surface area contributed by atoms with Gasteiger partial charge in [-0.3, -0.25) is 4.79 Å². The van der Waals surface area contributed by atoms with Crippen LogP contribution < -0.4 is 28.9 Å². The quantitative estimate of drug-likeness (QED) is 0.618. The Hall–Kier alpha value is -1.06. The van der Waals surface area contributed by atoms with E-state index in [0.717, 1.165) is 27.7 Å². The fraction of sp³-hybridized carbons (Fsp3) is 0.316. The van der Waals surface area contributed by atoms with E-state index in [1.165, 1.54) is 5.56 Å². The molecule has 1 unspecified atom stereocenters. The third-order valence-electron chi connectivity index (χ3n) is 3.39. The third kappa shape index (κ3) is 5.50. The number of hydrogen-bond acceptors (Lipinski definition) is 2. The van der Waals surface area contributed by atoms with Crippen molar-refractivity contribution in [3.8, 4) is 5.75 Å². The van der Waals surface area contributed by atoms with Crippen molar-refractivity contribution < 1.29 is 29.8 Å². The zero-order chi connectivity index (χ0) is 16.3. The Balaban J connectivity index is 0.00000264. The van der Waals surface area contributed by atoms with Crippen molar-refractivity contribution >= 4 is 19.4 Å². The molecule has 4 heteroatoms. The van der Waals surface area contributed by atoms with Crippen LogP contribution in [-0.4, -0.2) is 11.6 Å². The Morgan fingerprint density at radius 1 is 1.04 bits per heavy atom. The second-order valence-electron chi connectivity index (χ2n) is 5.92. The monoisotopic (exact) mass is 322 g/mol. The summed E-state index contributed by atoms with van der Waals surface area (Å²) in [6.07, 6.45) is 0.160. The second kappa shape index (κ2) is 8.70. The van der Waals surface area contributed by atoms with Gasteiger partial charge in [0.1, 0.15) is 5.75 Å². The van der Waals surface area contributed by atoms with Crippen LogP contribution in [0.15, 0.2) is 36.4 Å². The predicted molar refractivity (Wildman–Crippen MR) is 96.3 cm³/mol. The van der Waals surface area contributed by atoms with Gasteiger partial charge in [-0.05, 0) is 71.8 Å². The van der Waals surface area contributed by atoms with Gasteiger partial charge in [-0.2, -0.15) is 0 Å². The van der Waals surface area contributed by atoms with Gasteiger partial charge in [0.25, 0.3) is 0 Å². The average molecular weight is 322 g/mol. The van der Waals surface area contributed by atoms with Gasteiger partial charge in [0.15, 0.2) is 5.52 Å². The van der Waals surface area contributed by atoms with Gasteiger partial charge < -0.3 is 6.16 Å². The van der Waals surface area contributed by atoms with Gasteiger partial charge in [-0.15, -0.1) is 0 Å². The Kier molecular flexibility index (Phi) is 7.55. The van der Waals surface area contributed by atoms with Crippen LogP contribution in [0.1, 0.15) is 42.3 Å². The molecule has 1 atom stereocenters. The Morgan fingerprint density at radius 2 is 1.57 bits per heavy atom. The van der Waals surface area contributed by atoms with Gasteiger partial charge in [0.2, 0.25) is 0 Å². The molecule has 0 aliphatic heterocycles. The molecule has 2 aromatic carbocycles. The summed E-state index contributed by atoms with van der Waals surface area (Å²) in [5.74, 6) is 0.846. The van der Waals surface area contributed by atoms with E-state index in [2.05, 4.69) is 19.1 Å². The Morgan fingerprint density at radius 3 is 2.04 bits per heavy atom. The average Bonchev–Trinajstić information content (AvgIpc) is 2.39. The van der Waals surface area contributed by atoms with Crippen molar-refractivity contribution in [3.05, 3.63) is 58.7 Å². The molecule has 2 nitrogen and oxygen atoms in total. The summed E-state index contributed by atoms with van der Waals surface area (Å²) in [4.78, 5) is 12.6. The fourth-order valence-corrected chi connectivity index (χ4v) is 3.74. The van der Waals surface area contributed by atoms with Crippen LogP contribution in [0.25, 0.3) is 0 Å². The van der Waals surface area contributed by atoms with Crippen molar-refractivity contribution in [2.45, 2.75) is 40.7 Å². The summed E-state index contributed by atoms with van der Waals surface area (Å²) in [7, 11) is 0.143. The first-order valence-electron chi connectivity index (χ1n) is 7.52. The molecule has 0 fully saturated rings. The van der Waals surface area contributed by atoms with E-state index in [-0.39, 0.29) is 40.5 Å². The minimum Gasteiger partial charge on any atom is -1.00 e. The van der Waals surface area contributed by atoms with Crippen molar-refractivity contribution in [3.63, 3.8) is 0 Å². The van der Waals surface area contributed by atoms with E-state index in [9.17, 15) is 4.79 Å². The van der Waals surface area contributed by atoms with E-state index >= 15 is 0 Å². The number of rotatable bonds is 5. The van der Waals surface area contributed by atoms with Crippen LogP contribution in [0.2, 0.25) is 0 Å². The second-order valence-corrected chi connectivity index (χ2v) is 7.20. The number of aryl methyl sites for hydroxylation is 3. The summed E-state index contributed by atoms with van der Waals surface area (Å²) < 4.78 is 5.63. The molecule has 0 aliphatic rings. The van der Waals surface area contributed by atoms with Crippen molar-refractivity contribution in [2.75, 3.05) is 0 Å². The van der Waals surface area contributed by atoms with Gasteiger partial charge in [-0.1, -0.05) is 29.8 Å². The van der Waals surface area contributed by atoms with Crippen LogP contribution in [0, 0.1) is 20.8 Å². The Labute approximate surface area is 154 Å². The molecular weight excluding hydrogens is 298 g/mol. The standard InChI is InChI=1S/C19H23O2P.Li.H/c1-12(2)21-16-6-8-17(9-7-16)22-19(20)18-14(4)10-13(3)11-15(18)5;;/h6-12,22H,1-5H3;;/q;+1;-1. The third-order valence-corrected chi connectivity index (χ3v) is 4.49. The molecule has 0 heterocycles. The molecule has 0 aliphatic carbocycles. The van der Waals surface area contributed by atoms with E-state index < -0.39 is 0 Å². The number of hydrogen-bond donors (Lipinski definition) is 0. The maximum atomic E-state index is 12.6. The topological polar surface area (TPSA) is 26.3 Å². The first kappa shape index (κ1) is 20.0. The van der Waals surface area contributed by atoms with Gasteiger partial charge in [0.05, 0.1) is 6.10 Å². The van der Waals surface area contributed by atoms with Crippen molar-refractivity contribution in [1.82, 2.24) is 0 Å². The van der Waals surface area contributed by atoms with Crippen LogP contribution in [0.4, 0.5) is 0 Å². The first-order valence-corrected chi connectivity index (χ1v) is 8.52. The molecule has 2 rings (SSSR count). The predicted octanol–water partition coefficient (Wildman–Crippen LogP) is 1.66. The molecule has 0 amide bonds. The maximum absolute atomic E-state index is 12.6. The zero-order valence-electron chi connectivity index (χ0n) is 15.9. The maximum Gasteiger partial charge on any atom is 1.00 e. The molecule has 0 aromatic heterocycles. The SMILES string of the molecule is Cc1cc(C)c(C(=O)Pc2ccc(OC(C)C)cc2)c(C)c1.[H-].[Li+]. The molecule has 2 aromatic rings. The molecule has 0 saturated carbocycles. The largest absolute Gasteiger partial charge is 1.00 e. The molecule has 118 valence electrons. The summed E-state index contributed by atoms with van der Waals surface area (Å²) in [5.41, 5.74) is 4.40. The van der Waals surface area contributed by atoms with Crippen LogP contribution in [0.3, 0.4) is 0 Å². The van der Waals surface area contributed by atoms with Gasteiger partial charge >= 0.3 is 18.9 Å². The van der Waals surface area contributed by atoms with E-state index in [4.69, 9.17) is 4.74 Å². The summed E-state index contributed by atoms with van der Waals surface area (Å²) in [5, 5.41) is 1.04. The number of ether oxygens (including phenoxy) is 1. The smallest absolute Gasteiger partial charge is 1.00 e. The first-order chi connectivity index (χ1) is 10.4. The summed E-state index contributed by atoms with van der Waals surface area (Å²) in [6, 6.07) is 12.0. The minimum atomic E-state index is 0. The number of benzene rings is 2. The normalized spacial score (nSPS) is 10.9. The molecule has 0 N–H and O–H groups in total. The van der Waals surface area contributed by atoms with Crippen molar-refractivity contribution in [2.24, 2.45) is 0 Å². The molecule has 0 radical (unpaired) electrons. The summed E-state index contributed by atoms with van der Waals surface area (Å²) >= 11 is 0. The summed E-state index contributed by atoms with van der Waals surface area (Å²) in [6.45, 7) is 10.1. The van der Waals surface area contributed by atoms with Crippen LogP contribution in [0.5, 0.6) is 5.75 Å². The molecule has 0 saturated heterocycles.